The van der Waals surface area contributed by atoms with Crippen molar-refractivity contribution < 1.29 is 18.7 Å². The van der Waals surface area contributed by atoms with Crippen molar-refractivity contribution >= 4 is 23.4 Å². The smallest absolute Gasteiger partial charge is 0.407 e. The van der Waals surface area contributed by atoms with Gasteiger partial charge in [0.15, 0.2) is 0 Å². The van der Waals surface area contributed by atoms with Crippen LogP contribution in [-0.2, 0) is 16.0 Å². The number of hydrogen-bond acceptors (Lipinski definition) is 4. The third-order valence-corrected chi connectivity index (χ3v) is 3.77. The van der Waals surface area contributed by atoms with E-state index >= 15 is 0 Å². The standard InChI is InChI=1S/C18H26FN3O3/c1-11-5-6-12-13(19)7-8-14(16(12)21-11)22-15(23)9-10-20-17(24)25-18(2,3)4/h7-8,11,21H,5-6,9-10H2,1-4H3,(H,20,24)(H,22,23). The summed E-state index contributed by atoms with van der Waals surface area (Å²) >= 11 is 0. The Bertz CT molecular complexity index is 656. The molecular weight excluding hydrogens is 325 g/mol. The maximum absolute atomic E-state index is 13.9. The fourth-order valence-corrected chi connectivity index (χ4v) is 2.62. The van der Waals surface area contributed by atoms with Crippen molar-refractivity contribution in [2.45, 2.75) is 58.6 Å². The van der Waals surface area contributed by atoms with Crippen LogP contribution in [0.5, 0.6) is 0 Å². The van der Waals surface area contributed by atoms with E-state index in [1.165, 1.54) is 6.07 Å². The molecule has 0 aromatic heterocycles. The van der Waals surface area contributed by atoms with Crippen molar-refractivity contribution in [3.63, 3.8) is 0 Å². The predicted octanol–water partition coefficient (Wildman–Crippen LogP) is 3.43. The molecule has 0 saturated carbocycles. The summed E-state index contributed by atoms with van der Waals surface area (Å²) in [6.45, 7) is 7.49. The lowest BCUT2D eigenvalue weighted by molar-refractivity contribution is -0.116. The highest BCUT2D eigenvalue weighted by atomic mass is 19.1. The SMILES string of the molecule is CC1CCc2c(F)ccc(NC(=O)CCNC(=O)OC(C)(C)C)c2N1. The van der Waals surface area contributed by atoms with Gasteiger partial charge in [0.1, 0.15) is 11.4 Å². The molecule has 0 aliphatic carbocycles. The summed E-state index contributed by atoms with van der Waals surface area (Å²) in [5.41, 5.74) is 1.22. The van der Waals surface area contributed by atoms with Gasteiger partial charge in [0.25, 0.3) is 0 Å². The summed E-state index contributed by atoms with van der Waals surface area (Å²) < 4.78 is 19.0. The molecule has 7 heteroatoms. The van der Waals surface area contributed by atoms with Gasteiger partial charge in [0, 0.05) is 24.6 Å². The van der Waals surface area contributed by atoms with Crippen molar-refractivity contribution in [2.24, 2.45) is 0 Å². The Morgan fingerprint density at radius 1 is 1.36 bits per heavy atom. The van der Waals surface area contributed by atoms with Gasteiger partial charge in [-0.1, -0.05) is 0 Å². The van der Waals surface area contributed by atoms with Crippen LogP contribution in [0.15, 0.2) is 12.1 Å². The molecule has 2 amide bonds. The maximum atomic E-state index is 13.9. The van der Waals surface area contributed by atoms with Gasteiger partial charge < -0.3 is 20.7 Å². The number of halogens is 1. The molecule has 1 unspecified atom stereocenters. The number of benzene rings is 1. The summed E-state index contributed by atoms with van der Waals surface area (Å²) in [6.07, 6.45) is 1.02. The topological polar surface area (TPSA) is 79.5 Å². The molecule has 0 saturated heterocycles. The molecule has 1 aliphatic heterocycles. The molecule has 0 bridgehead atoms. The average molecular weight is 351 g/mol. The van der Waals surface area contributed by atoms with Gasteiger partial charge in [0.2, 0.25) is 5.91 Å². The minimum Gasteiger partial charge on any atom is -0.444 e. The zero-order chi connectivity index (χ0) is 18.6. The van der Waals surface area contributed by atoms with E-state index < -0.39 is 11.7 Å². The Morgan fingerprint density at radius 2 is 2.08 bits per heavy atom. The van der Waals surface area contributed by atoms with Crippen molar-refractivity contribution in [2.75, 3.05) is 17.2 Å². The Hall–Kier alpha value is -2.31. The molecule has 3 N–H and O–H groups in total. The lowest BCUT2D eigenvalue weighted by atomic mass is 9.97. The fraction of sp³-hybridized carbons (Fsp3) is 0.556. The van der Waals surface area contributed by atoms with E-state index in [0.717, 1.165) is 6.42 Å². The maximum Gasteiger partial charge on any atom is 0.407 e. The minimum atomic E-state index is -0.581. The van der Waals surface area contributed by atoms with Crippen LogP contribution in [0, 0.1) is 5.82 Å². The molecule has 1 aromatic carbocycles. The highest BCUT2D eigenvalue weighted by Crippen LogP contribution is 2.34. The molecule has 1 atom stereocenters. The van der Waals surface area contributed by atoms with Crippen molar-refractivity contribution in [3.05, 3.63) is 23.5 Å². The number of rotatable bonds is 4. The molecule has 0 fully saturated rings. The normalized spacial score (nSPS) is 16.4. The fourth-order valence-electron chi connectivity index (χ4n) is 2.62. The van der Waals surface area contributed by atoms with Crippen LogP contribution >= 0.6 is 0 Å². The van der Waals surface area contributed by atoms with Gasteiger partial charge in [-0.05, 0) is 52.7 Å². The number of ether oxygens (including phenoxy) is 1. The molecule has 1 aromatic rings. The van der Waals surface area contributed by atoms with Crippen molar-refractivity contribution in [3.8, 4) is 0 Å². The van der Waals surface area contributed by atoms with Gasteiger partial charge in [-0.25, -0.2) is 9.18 Å². The number of anilines is 2. The molecule has 1 aliphatic rings. The first kappa shape index (κ1) is 19.0. The molecule has 0 radical (unpaired) electrons. The first-order valence-electron chi connectivity index (χ1n) is 8.50. The number of carbonyl (C=O) groups excluding carboxylic acids is 2. The van der Waals surface area contributed by atoms with Crippen LogP contribution in [0.1, 0.15) is 46.1 Å². The highest BCUT2D eigenvalue weighted by molar-refractivity contribution is 5.95. The second-order valence-electron chi connectivity index (χ2n) is 7.26. The molecule has 6 nitrogen and oxygen atoms in total. The van der Waals surface area contributed by atoms with Gasteiger partial charge in [-0.15, -0.1) is 0 Å². The number of fused-ring (bicyclic) bond motifs is 1. The number of hydrogen-bond donors (Lipinski definition) is 3. The Morgan fingerprint density at radius 3 is 2.76 bits per heavy atom. The number of alkyl carbamates (subject to hydrolysis) is 1. The number of carbonyl (C=O) groups is 2. The number of nitrogens with one attached hydrogen (secondary N) is 3. The van der Waals surface area contributed by atoms with E-state index in [-0.39, 0.29) is 30.7 Å². The van der Waals surface area contributed by atoms with Gasteiger partial charge >= 0.3 is 6.09 Å². The third kappa shape index (κ3) is 5.62. The molecule has 25 heavy (non-hydrogen) atoms. The van der Waals surface area contributed by atoms with E-state index in [2.05, 4.69) is 16.0 Å². The summed E-state index contributed by atoms with van der Waals surface area (Å²) in [7, 11) is 0. The lowest BCUT2D eigenvalue weighted by Gasteiger charge is -2.27. The number of amides is 2. The van der Waals surface area contributed by atoms with Crippen molar-refractivity contribution in [1.82, 2.24) is 5.32 Å². The highest BCUT2D eigenvalue weighted by Gasteiger charge is 2.21. The second kappa shape index (κ2) is 7.72. The summed E-state index contributed by atoms with van der Waals surface area (Å²) in [5, 5.41) is 8.55. The van der Waals surface area contributed by atoms with Gasteiger partial charge in [0.05, 0.1) is 11.4 Å². The Balaban J connectivity index is 1.90. The van der Waals surface area contributed by atoms with Crippen LogP contribution in [0.2, 0.25) is 0 Å². The molecular formula is C18H26FN3O3. The van der Waals surface area contributed by atoms with E-state index in [4.69, 9.17) is 4.74 Å². The van der Waals surface area contributed by atoms with Gasteiger partial charge in [-0.3, -0.25) is 4.79 Å². The average Bonchev–Trinajstić information content (AvgIpc) is 2.48. The monoisotopic (exact) mass is 351 g/mol. The first-order chi connectivity index (χ1) is 11.7. The van der Waals surface area contributed by atoms with Crippen LogP contribution < -0.4 is 16.0 Å². The third-order valence-electron chi connectivity index (χ3n) is 3.77. The quantitative estimate of drug-likeness (QED) is 0.776. The molecule has 0 spiro atoms. The summed E-state index contributed by atoms with van der Waals surface area (Å²) in [5.74, 6) is -0.524. The Kier molecular flexibility index (Phi) is 5.87. The van der Waals surface area contributed by atoms with E-state index in [1.807, 2.05) is 6.92 Å². The molecule has 2 rings (SSSR count). The van der Waals surface area contributed by atoms with Crippen LogP contribution in [0.3, 0.4) is 0 Å². The van der Waals surface area contributed by atoms with Gasteiger partial charge in [-0.2, -0.15) is 0 Å². The summed E-state index contributed by atoms with van der Waals surface area (Å²) in [6, 6.07) is 3.14. The first-order valence-corrected chi connectivity index (χ1v) is 8.50. The van der Waals surface area contributed by atoms with Crippen LogP contribution in [-0.4, -0.2) is 30.2 Å². The van der Waals surface area contributed by atoms with E-state index in [9.17, 15) is 14.0 Å². The van der Waals surface area contributed by atoms with E-state index in [1.54, 1.807) is 26.8 Å². The minimum absolute atomic E-state index is 0.0982. The Labute approximate surface area is 147 Å². The molecule has 138 valence electrons. The van der Waals surface area contributed by atoms with Crippen LogP contribution in [0.4, 0.5) is 20.6 Å². The van der Waals surface area contributed by atoms with Crippen LogP contribution in [0.25, 0.3) is 0 Å². The lowest BCUT2D eigenvalue weighted by Crippen LogP contribution is -2.34. The zero-order valence-corrected chi connectivity index (χ0v) is 15.2. The van der Waals surface area contributed by atoms with Crippen molar-refractivity contribution in [1.29, 1.82) is 0 Å². The zero-order valence-electron chi connectivity index (χ0n) is 15.2. The molecule has 1 heterocycles. The second-order valence-corrected chi connectivity index (χ2v) is 7.26. The largest absolute Gasteiger partial charge is 0.444 e. The predicted molar refractivity (Wildman–Crippen MR) is 95.3 cm³/mol. The summed E-state index contributed by atoms with van der Waals surface area (Å²) in [4.78, 5) is 23.7. The van der Waals surface area contributed by atoms with E-state index in [0.29, 0.717) is 23.4 Å².